The smallest absolute Gasteiger partial charge is 0.261 e. The summed E-state index contributed by atoms with van der Waals surface area (Å²) in [6, 6.07) is 26.7. The number of fused-ring (bicyclic) bond motifs is 3. The minimum Gasteiger partial charge on any atom is -0.491 e. The number of benzene rings is 3. The lowest BCUT2D eigenvalue weighted by Gasteiger charge is -2.57. The van der Waals surface area contributed by atoms with E-state index in [2.05, 4.69) is 74.2 Å². The molecule has 0 aromatic heterocycles. The highest BCUT2D eigenvalue weighted by Gasteiger charge is 2.54. The lowest BCUT2D eigenvalue weighted by Crippen LogP contribution is -2.62. The molecule has 0 unspecified atom stereocenters. The molecule has 2 aliphatic heterocycles. The number of ether oxygens (including phenoxy) is 1. The van der Waals surface area contributed by atoms with Gasteiger partial charge in [0.2, 0.25) is 0 Å². The second kappa shape index (κ2) is 10.9. The maximum absolute atomic E-state index is 13.6. The van der Waals surface area contributed by atoms with Crippen LogP contribution in [0.5, 0.6) is 5.75 Å². The van der Waals surface area contributed by atoms with E-state index in [1.165, 1.54) is 11.1 Å². The van der Waals surface area contributed by atoms with E-state index in [0.717, 1.165) is 50.9 Å². The highest BCUT2D eigenvalue weighted by atomic mass is 16.5. The topological polar surface area (TPSA) is 49.9 Å². The summed E-state index contributed by atoms with van der Waals surface area (Å²) in [6.45, 7) is 8.50. The number of nitrogens with zero attached hydrogens (tertiary/aromatic N) is 2. The van der Waals surface area contributed by atoms with Crippen molar-refractivity contribution in [1.29, 1.82) is 0 Å². The lowest BCUT2D eigenvalue weighted by atomic mass is 9.57. The van der Waals surface area contributed by atoms with Gasteiger partial charge in [-0.05, 0) is 93.8 Å². The average Bonchev–Trinajstić information content (AvgIpc) is 3.21. The van der Waals surface area contributed by atoms with Crippen molar-refractivity contribution in [2.75, 3.05) is 13.1 Å². The van der Waals surface area contributed by atoms with Crippen molar-refractivity contribution < 1.29 is 14.3 Å². The van der Waals surface area contributed by atoms with Crippen LogP contribution < -0.4 is 4.74 Å². The molecule has 1 saturated heterocycles. The van der Waals surface area contributed by atoms with Crippen molar-refractivity contribution >= 4 is 11.8 Å². The Hall–Kier alpha value is -3.44. The molecule has 2 amide bonds. The first-order valence-corrected chi connectivity index (χ1v) is 14.9. The van der Waals surface area contributed by atoms with Crippen molar-refractivity contribution in [1.82, 2.24) is 9.80 Å². The quantitative estimate of drug-likeness (QED) is 0.308. The Morgan fingerprint density at radius 3 is 2.25 bits per heavy atom. The molecule has 2 fully saturated rings. The van der Waals surface area contributed by atoms with Gasteiger partial charge in [-0.15, -0.1) is 0 Å². The van der Waals surface area contributed by atoms with E-state index >= 15 is 0 Å². The van der Waals surface area contributed by atoms with E-state index in [4.69, 9.17) is 4.74 Å². The van der Waals surface area contributed by atoms with Crippen molar-refractivity contribution in [3.05, 3.63) is 101 Å². The van der Waals surface area contributed by atoms with E-state index in [1.54, 1.807) is 17.0 Å². The Kier molecular flexibility index (Phi) is 7.26. The van der Waals surface area contributed by atoms with Crippen LogP contribution in [0.3, 0.4) is 0 Å². The molecule has 3 aromatic rings. The predicted molar refractivity (Wildman–Crippen MR) is 158 cm³/mol. The third kappa shape index (κ3) is 4.85. The first kappa shape index (κ1) is 26.8. The zero-order chi connectivity index (χ0) is 27.9. The van der Waals surface area contributed by atoms with Crippen LogP contribution in [0.1, 0.15) is 78.3 Å². The van der Waals surface area contributed by atoms with Crippen LogP contribution in [0.15, 0.2) is 78.9 Å². The Labute approximate surface area is 238 Å². The van der Waals surface area contributed by atoms with Crippen LogP contribution in [-0.2, 0) is 11.8 Å². The van der Waals surface area contributed by atoms with Gasteiger partial charge in [0.25, 0.3) is 11.8 Å². The van der Waals surface area contributed by atoms with E-state index < -0.39 is 0 Å². The fraction of sp³-hybridized carbons (Fsp3) is 0.429. The van der Waals surface area contributed by atoms with Crippen molar-refractivity contribution in [2.24, 2.45) is 5.92 Å². The lowest BCUT2D eigenvalue weighted by molar-refractivity contribution is -0.0215. The van der Waals surface area contributed by atoms with Gasteiger partial charge >= 0.3 is 0 Å². The first-order valence-electron chi connectivity index (χ1n) is 14.9. The zero-order valence-corrected chi connectivity index (χ0v) is 23.9. The second-order valence-corrected chi connectivity index (χ2v) is 12.3. The number of hydrogen-bond donors (Lipinski definition) is 0. The van der Waals surface area contributed by atoms with Crippen LogP contribution in [-0.4, -0.2) is 52.9 Å². The molecule has 4 atom stereocenters. The molecule has 5 heteroatoms. The summed E-state index contributed by atoms with van der Waals surface area (Å²) in [6.07, 6.45) is 4.90. The van der Waals surface area contributed by atoms with Gasteiger partial charge in [0.05, 0.1) is 17.2 Å². The summed E-state index contributed by atoms with van der Waals surface area (Å²) in [5.74, 6) is 0.980. The highest BCUT2D eigenvalue weighted by molar-refractivity contribution is 6.21. The normalized spacial score (nSPS) is 26.3. The molecular formula is C35H40N2O3. The summed E-state index contributed by atoms with van der Waals surface area (Å²) in [5.41, 5.74) is 3.59. The standard InChI is InChI=1S/C35H40N2O3/c1-24(2)40-30-15-9-14-27(19-30)35-21-28(36(23-25(35)3)18-10-13-26-11-5-4-6-12-26)20-29(22-35)37-33(38)31-16-7-8-17-32(31)34(37)39/h4-9,11-12,14-17,19,24-25,28-29H,10,13,18,20-23H2,1-3H3/t25-,28+,29+,35-/m0/s1. The van der Waals surface area contributed by atoms with Gasteiger partial charge in [0, 0.05) is 24.0 Å². The molecule has 208 valence electrons. The molecule has 5 nitrogen and oxygen atoms in total. The van der Waals surface area contributed by atoms with E-state index in [1.807, 2.05) is 18.2 Å². The Bertz CT molecular complexity index is 1350. The zero-order valence-electron chi connectivity index (χ0n) is 23.9. The summed E-state index contributed by atoms with van der Waals surface area (Å²) in [4.78, 5) is 31.5. The van der Waals surface area contributed by atoms with Crippen LogP contribution in [0.4, 0.5) is 0 Å². The first-order chi connectivity index (χ1) is 19.4. The molecule has 0 radical (unpaired) electrons. The molecule has 1 aliphatic carbocycles. The van der Waals surface area contributed by atoms with Gasteiger partial charge in [-0.1, -0.05) is 61.5 Å². The maximum atomic E-state index is 13.6. The predicted octanol–water partition coefficient (Wildman–Crippen LogP) is 6.51. The van der Waals surface area contributed by atoms with Crippen molar-refractivity contribution in [2.45, 2.75) is 76.5 Å². The van der Waals surface area contributed by atoms with E-state index in [-0.39, 0.29) is 29.4 Å². The Balaban J connectivity index is 1.31. The van der Waals surface area contributed by atoms with Gasteiger partial charge in [-0.2, -0.15) is 0 Å². The molecule has 3 aromatic carbocycles. The number of piperidine rings is 1. The number of rotatable bonds is 8. The minimum atomic E-state index is -0.139. The van der Waals surface area contributed by atoms with Crippen LogP contribution in [0.25, 0.3) is 0 Å². The number of likely N-dealkylation sites (tertiary alicyclic amines) is 1. The second-order valence-electron chi connectivity index (χ2n) is 12.3. The summed E-state index contributed by atoms with van der Waals surface area (Å²) in [5, 5.41) is 0. The number of aryl methyl sites for hydroxylation is 1. The summed E-state index contributed by atoms with van der Waals surface area (Å²) >= 11 is 0. The molecular weight excluding hydrogens is 496 g/mol. The van der Waals surface area contributed by atoms with Gasteiger partial charge in [-0.3, -0.25) is 19.4 Å². The van der Waals surface area contributed by atoms with Gasteiger partial charge in [0.15, 0.2) is 0 Å². The van der Waals surface area contributed by atoms with Gasteiger partial charge in [0.1, 0.15) is 5.75 Å². The molecule has 0 spiro atoms. The highest BCUT2D eigenvalue weighted by Crippen LogP contribution is 2.52. The van der Waals surface area contributed by atoms with Crippen LogP contribution in [0, 0.1) is 5.92 Å². The maximum Gasteiger partial charge on any atom is 0.261 e. The van der Waals surface area contributed by atoms with Crippen LogP contribution >= 0.6 is 0 Å². The molecule has 40 heavy (non-hydrogen) atoms. The van der Waals surface area contributed by atoms with Crippen molar-refractivity contribution in [3.63, 3.8) is 0 Å². The molecule has 0 N–H and O–H groups in total. The molecule has 2 heterocycles. The number of hydrogen-bond acceptors (Lipinski definition) is 4. The number of imide groups is 1. The Morgan fingerprint density at radius 1 is 0.875 bits per heavy atom. The summed E-state index contributed by atoms with van der Waals surface area (Å²) in [7, 11) is 0. The molecule has 3 aliphatic rings. The third-order valence-electron chi connectivity index (χ3n) is 9.44. The molecule has 6 rings (SSSR count). The SMILES string of the molecule is CC(C)Oc1cccc([C@@]23C[C@@H](C[C@@H](N4C(=O)c5ccccc5C4=O)C2)N(CCCc2ccccc2)C[C@@H]3C)c1. The van der Waals surface area contributed by atoms with Gasteiger partial charge in [-0.25, -0.2) is 0 Å². The monoisotopic (exact) mass is 536 g/mol. The Morgan fingerprint density at radius 2 is 1.55 bits per heavy atom. The van der Waals surface area contributed by atoms with Gasteiger partial charge < -0.3 is 4.74 Å². The number of amides is 2. The third-order valence-corrected chi connectivity index (χ3v) is 9.44. The number of carbonyl (C=O) groups excluding carboxylic acids is 2. The van der Waals surface area contributed by atoms with E-state index in [0.29, 0.717) is 23.1 Å². The number of carbonyl (C=O) groups is 2. The largest absolute Gasteiger partial charge is 0.491 e. The summed E-state index contributed by atoms with van der Waals surface area (Å²) < 4.78 is 6.11. The fourth-order valence-electron chi connectivity index (χ4n) is 7.57. The van der Waals surface area contributed by atoms with Crippen molar-refractivity contribution in [3.8, 4) is 5.75 Å². The molecule has 2 bridgehead atoms. The molecule has 1 saturated carbocycles. The minimum absolute atomic E-state index is 0.0989. The van der Waals surface area contributed by atoms with E-state index in [9.17, 15) is 9.59 Å². The fourth-order valence-corrected chi connectivity index (χ4v) is 7.57. The van der Waals surface area contributed by atoms with Crippen LogP contribution in [0.2, 0.25) is 0 Å². The average molecular weight is 537 g/mol.